The number of nitrogens with one attached hydrogen (secondary N) is 1. The number of thiazole rings is 1. The van der Waals surface area contributed by atoms with Crippen LogP contribution in [-0.4, -0.2) is 29.1 Å². The molecule has 0 saturated heterocycles. The maximum atomic E-state index is 10.9. The van der Waals surface area contributed by atoms with E-state index in [2.05, 4.69) is 20.3 Å². The topological polar surface area (TPSA) is 111 Å². The van der Waals surface area contributed by atoms with Gasteiger partial charge >= 0.3 is 5.97 Å². The Morgan fingerprint density at radius 1 is 1.88 bits per heavy atom. The summed E-state index contributed by atoms with van der Waals surface area (Å²) in [5, 5.41) is 15.3. The minimum atomic E-state index is -1.05. The fourth-order valence-electron chi connectivity index (χ4n) is 0.984. The van der Waals surface area contributed by atoms with Gasteiger partial charge in [-0.05, 0) is 5.53 Å². The number of azide groups is 1. The van der Waals surface area contributed by atoms with Crippen molar-refractivity contribution in [1.82, 2.24) is 10.3 Å². The van der Waals surface area contributed by atoms with Crippen molar-refractivity contribution in [2.45, 2.75) is 6.04 Å². The zero-order valence-electron chi connectivity index (χ0n) is 8.00. The largest absolute Gasteiger partial charge is 0.480 e. The normalized spacial score (nSPS) is 11.8. The minimum Gasteiger partial charge on any atom is -0.480 e. The fourth-order valence-corrected chi connectivity index (χ4v) is 1.98. The first-order valence-corrected chi connectivity index (χ1v) is 5.43. The first-order chi connectivity index (χ1) is 7.65. The molecule has 0 bridgehead atoms. The Hall–Kier alpha value is -1.34. The van der Waals surface area contributed by atoms with E-state index in [0.29, 0.717) is 9.34 Å². The third kappa shape index (κ3) is 3.67. The summed E-state index contributed by atoms with van der Waals surface area (Å²) in [4.78, 5) is 17.4. The van der Waals surface area contributed by atoms with Crippen LogP contribution in [0.1, 0.15) is 11.0 Å². The van der Waals surface area contributed by atoms with Crippen LogP contribution in [0.2, 0.25) is 4.34 Å². The van der Waals surface area contributed by atoms with E-state index >= 15 is 0 Å². The van der Waals surface area contributed by atoms with Crippen molar-refractivity contribution in [3.63, 3.8) is 0 Å². The third-order valence-corrected chi connectivity index (χ3v) is 2.79. The predicted octanol–water partition coefficient (Wildman–Crippen LogP) is 1.82. The predicted molar refractivity (Wildman–Crippen MR) is 59.5 cm³/mol. The third-order valence-electron chi connectivity index (χ3n) is 1.61. The summed E-state index contributed by atoms with van der Waals surface area (Å²) in [6.07, 6.45) is 1.40. The molecule has 0 radical (unpaired) electrons. The second-order valence-electron chi connectivity index (χ2n) is 2.68. The van der Waals surface area contributed by atoms with E-state index in [0.717, 1.165) is 11.3 Å². The number of aliphatic carboxylic acids is 1. The van der Waals surface area contributed by atoms with Crippen LogP contribution >= 0.6 is 22.9 Å². The monoisotopic (exact) mass is 261 g/mol. The highest BCUT2D eigenvalue weighted by molar-refractivity contribution is 7.16. The van der Waals surface area contributed by atoms with Crippen molar-refractivity contribution in [3.05, 3.63) is 26.0 Å². The lowest BCUT2D eigenvalue weighted by Gasteiger charge is -2.10. The molecule has 0 aromatic carbocycles. The molecule has 1 rings (SSSR count). The average Bonchev–Trinajstić information content (AvgIpc) is 2.64. The van der Waals surface area contributed by atoms with Crippen LogP contribution in [0.25, 0.3) is 10.4 Å². The quantitative estimate of drug-likeness (QED) is 0.352. The van der Waals surface area contributed by atoms with Crippen LogP contribution in [0.3, 0.4) is 0 Å². The number of carbonyl (C=O) groups is 1. The number of hydrogen-bond donors (Lipinski definition) is 2. The molecular formula is C7H8ClN5O2S. The molecule has 86 valence electrons. The Bertz CT molecular complexity index is 417. The maximum absolute atomic E-state index is 10.9. The van der Waals surface area contributed by atoms with Crippen LogP contribution < -0.4 is 5.32 Å². The van der Waals surface area contributed by atoms with Crippen LogP contribution in [0.4, 0.5) is 0 Å². The van der Waals surface area contributed by atoms with Crippen LogP contribution in [0.15, 0.2) is 11.3 Å². The lowest BCUT2D eigenvalue weighted by molar-refractivity contribution is -0.139. The number of nitrogens with zero attached hydrogens (tertiary/aromatic N) is 4. The fraction of sp³-hybridized carbons (Fsp3) is 0.429. The second-order valence-corrected chi connectivity index (χ2v) is 4.38. The molecule has 0 aliphatic rings. The molecule has 0 aliphatic carbocycles. The molecule has 9 heteroatoms. The number of aromatic nitrogens is 1. The highest BCUT2D eigenvalue weighted by atomic mass is 35.5. The van der Waals surface area contributed by atoms with Gasteiger partial charge in [0, 0.05) is 18.0 Å². The number of halogens is 1. The lowest BCUT2D eigenvalue weighted by atomic mass is 10.3. The molecule has 1 atom stereocenters. The van der Waals surface area contributed by atoms with Gasteiger partial charge in [-0.15, -0.1) is 11.3 Å². The number of rotatable bonds is 6. The zero-order valence-corrected chi connectivity index (χ0v) is 9.57. The summed E-state index contributed by atoms with van der Waals surface area (Å²) in [6.45, 7) is 0.442. The van der Waals surface area contributed by atoms with Gasteiger partial charge in [-0.1, -0.05) is 16.7 Å². The maximum Gasteiger partial charge on any atom is 0.327 e. The Morgan fingerprint density at radius 2 is 2.62 bits per heavy atom. The van der Waals surface area contributed by atoms with Gasteiger partial charge in [-0.2, -0.15) is 0 Å². The van der Waals surface area contributed by atoms with Crippen molar-refractivity contribution in [3.8, 4) is 0 Å². The van der Waals surface area contributed by atoms with Gasteiger partial charge in [-0.3, -0.25) is 10.1 Å². The molecule has 0 fully saturated rings. The molecule has 0 amide bonds. The summed E-state index contributed by atoms with van der Waals surface area (Å²) in [7, 11) is 0. The smallest absolute Gasteiger partial charge is 0.327 e. The van der Waals surface area contributed by atoms with Gasteiger partial charge in [0.1, 0.15) is 9.34 Å². The summed E-state index contributed by atoms with van der Waals surface area (Å²) in [6, 6.07) is -0.925. The minimum absolute atomic E-state index is 0.180. The Balaban J connectivity index is 2.61. The number of carboxylic acids is 1. The van der Waals surface area contributed by atoms with Crippen molar-refractivity contribution in [1.29, 1.82) is 0 Å². The molecule has 1 unspecified atom stereocenters. The van der Waals surface area contributed by atoms with E-state index < -0.39 is 12.0 Å². The van der Waals surface area contributed by atoms with Crippen molar-refractivity contribution < 1.29 is 9.90 Å². The highest BCUT2D eigenvalue weighted by Crippen LogP contribution is 2.23. The van der Waals surface area contributed by atoms with Crippen LogP contribution in [0.5, 0.6) is 0 Å². The zero-order chi connectivity index (χ0) is 12.0. The van der Waals surface area contributed by atoms with Crippen molar-refractivity contribution >= 4 is 28.9 Å². The molecule has 0 saturated carbocycles. The number of carboxylic acid groups (broad SMARTS) is 1. The van der Waals surface area contributed by atoms with Crippen molar-refractivity contribution in [2.24, 2.45) is 5.11 Å². The molecule has 7 nitrogen and oxygen atoms in total. The first-order valence-electron chi connectivity index (χ1n) is 4.23. The highest BCUT2D eigenvalue weighted by Gasteiger charge is 2.22. The standard InChI is InChI=1S/C7H8ClN5O2S/c8-4-3-11-6(16-4)5(7(14)15)10-1-2-12-13-9/h3,5,10H,1-2H2,(H,14,15). The van der Waals surface area contributed by atoms with Crippen LogP contribution in [0, 0.1) is 0 Å². The van der Waals surface area contributed by atoms with E-state index in [1.807, 2.05) is 0 Å². The van der Waals surface area contributed by atoms with Crippen LogP contribution in [-0.2, 0) is 4.79 Å². The van der Waals surface area contributed by atoms with E-state index in [4.69, 9.17) is 22.2 Å². The molecule has 2 N–H and O–H groups in total. The van der Waals surface area contributed by atoms with Gasteiger partial charge in [-0.25, -0.2) is 4.98 Å². The lowest BCUT2D eigenvalue weighted by Crippen LogP contribution is -2.30. The molecule has 1 aromatic heterocycles. The van der Waals surface area contributed by atoms with Crippen molar-refractivity contribution in [2.75, 3.05) is 13.1 Å². The summed E-state index contributed by atoms with van der Waals surface area (Å²) < 4.78 is 0.429. The summed E-state index contributed by atoms with van der Waals surface area (Å²) in [5.41, 5.74) is 8.05. The van der Waals surface area contributed by atoms with Gasteiger partial charge in [0.25, 0.3) is 0 Å². The molecule has 0 aliphatic heterocycles. The Kier molecular flexibility index (Phi) is 5.00. The van der Waals surface area contributed by atoms with E-state index in [9.17, 15) is 4.79 Å². The van der Waals surface area contributed by atoms with Gasteiger partial charge in [0.05, 0.1) is 6.20 Å². The Labute approximate surface area is 99.7 Å². The van der Waals surface area contributed by atoms with E-state index in [-0.39, 0.29) is 13.1 Å². The molecule has 16 heavy (non-hydrogen) atoms. The summed E-state index contributed by atoms with van der Waals surface area (Å²) in [5.74, 6) is -1.05. The second kappa shape index (κ2) is 6.29. The van der Waals surface area contributed by atoms with E-state index in [1.165, 1.54) is 6.20 Å². The Morgan fingerprint density at radius 3 is 3.12 bits per heavy atom. The molecule has 1 aromatic rings. The number of hydrogen-bond acceptors (Lipinski definition) is 5. The average molecular weight is 262 g/mol. The van der Waals surface area contributed by atoms with Gasteiger partial charge in [0.15, 0.2) is 6.04 Å². The summed E-state index contributed by atoms with van der Waals surface area (Å²) >= 11 is 6.76. The molecular weight excluding hydrogens is 254 g/mol. The van der Waals surface area contributed by atoms with Gasteiger partial charge in [0.2, 0.25) is 0 Å². The first kappa shape index (κ1) is 12.7. The van der Waals surface area contributed by atoms with Gasteiger partial charge < -0.3 is 5.11 Å². The molecule has 1 heterocycles. The molecule has 0 spiro atoms. The SMILES string of the molecule is [N-]=[N+]=NCCNC(C(=O)O)c1ncc(Cl)s1. The van der Waals surface area contributed by atoms with E-state index in [1.54, 1.807) is 0 Å².